The van der Waals surface area contributed by atoms with Crippen LogP contribution in [0.15, 0.2) is 48.6 Å². The van der Waals surface area contributed by atoms with Gasteiger partial charge in [-0.1, -0.05) is 42.5 Å². The van der Waals surface area contributed by atoms with Crippen LogP contribution in [0, 0.1) is 10.8 Å². The van der Waals surface area contributed by atoms with Gasteiger partial charge in [-0.3, -0.25) is 4.79 Å². The number of allylic oxidation sites excluding steroid dienone is 8. The number of rotatable bonds is 0. The van der Waals surface area contributed by atoms with Crippen LogP contribution in [0.3, 0.4) is 0 Å². The third-order valence-corrected chi connectivity index (χ3v) is 3.10. The molecule has 0 fully saturated rings. The molecule has 0 saturated heterocycles. The van der Waals surface area contributed by atoms with Gasteiger partial charge in [-0.2, -0.15) is 0 Å². The summed E-state index contributed by atoms with van der Waals surface area (Å²) in [6.45, 7) is 0. The fourth-order valence-electron chi connectivity index (χ4n) is 2.25. The van der Waals surface area contributed by atoms with Crippen molar-refractivity contribution in [1.82, 2.24) is 0 Å². The molecule has 0 aromatic heterocycles. The van der Waals surface area contributed by atoms with E-state index in [1.54, 1.807) is 6.08 Å². The van der Waals surface area contributed by atoms with Crippen LogP contribution in [-0.4, -0.2) is 5.78 Å². The molecule has 0 aromatic rings. The Balaban J connectivity index is 2.31. The van der Waals surface area contributed by atoms with E-state index in [0.717, 1.165) is 0 Å². The molecule has 0 N–H and O–H groups in total. The molecular weight excluding hydrogens is 148 g/mol. The zero-order chi connectivity index (χ0) is 8.23. The van der Waals surface area contributed by atoms with E-state index >= 15 is 0 Å². The maximum atomic E-state index is 11.6. The molecule has 3 aliphatic rings. The predicted molar refractivity (Wildman–Crippen MR) is 46.4 cm³/mol. The van der Waals surface area contributed by atoms with Crippen LogP contribution >= 0.6 is 0 Å². The van der Waals surface area contributed by atoms with Crippen molar-refractivity contribution in [3.05, 3.63) is 48.6 Å². The zero-order valence-electron chi connectivity index (χ0n) is 6.53. The Morgan fingerprint density at radius 1 is 0.917 bits per heavy atom. The molecule has 0 radical (unpaired) electrons. The molecule has 0 heterocycles. The third kappa shape index (κ3) is 0.396. The van der Waals surface area contributed by atoms with Crippen molar-refractivity contribution in [2.75, 3.05) is 0 Å². The van der Waals surface area contributed by atoms with Crippen molar-refractivity contribution in [3.8, 4) is 0 Å². The van der Waals surface area contributed by atoms with Gasteiger partial charge in [0.25, 0.3) is 0 Å². The molecule has 3 rings (SSSR count). The average molecular weight is 156 g/mol. The van der Waals surface area contributed by atoms with Gasteiger partial charge in [0.2, 0.25) is 0 Å². The Kier molecular flexibility index (Phi) is 0.789. The lowest BCUT2D eigenvalue weighted by atomic mass is 9.55. The first-order valence-electron chi connectivity index (χ1n) is 4.10. The Bertz CT molecular complexity index is 380. The van der Waals surface area contributed by atoms with E-state index in [1.165, 1.54) is 0 Å². The minimum atomic E-state index is -0.332. The quantitative estimate of drug-likeness (QED) is 0.489. The summed E-state index contributed by atoms with van der Waals surface area (Å²) in [5.41, 5.74) is -0.430. The van der Waals surface area contributed by atoms with E-state index in [9.17, 15) is 4.79 Å². The third-order valence-electron chi connectivity index (χ3n) is 3.10. The first kappa shape index (κ1) is 6.18. The predicted octanol–water partition coefficient (Wildman–Crippen LogP) is 1.79. The summed E-state index contributed by atoms with van der Waals surface area (Å²) in [7, 11) is 0. The van der Waals surface area contributed by atoms with E-state index < -0.39 is 0 Å². The molecule has 2 unspecified atom stereocenters. The van der Waals surface area contributed by atoms with E-state index in [2.05, 4.69) is 12.2 Å². The number of hydrogen-bond acceptors (Lipinski definition) is 1. The summed E-state index contributed by atoms with van der Waals surface area (Å²) in [4.78, 5) is 11.6. The van der Waals surface area contributed by atoms with Crippen LogP contribution in [0.1, 0.15) is 0 Å². The van der Waals surface area contributed by atoms with Crippen LogP contribution < -0.4 is 0 Å². The maximum Gasteiger partial charge on any atom is 0.170 e. The molecule has 0 spiro atoms. The molecule has 1 nitrogen and oxygen atoms in total. The van der Waals surface area contributed by atoms with Gasteiger partial charge in [-0.25, -0.2) is 0 Å². The van der Waals surface area contributed by atoms with Crippen molar-refractivity contribution >= 4 is 5.78 Å². The fraction of sp³-hybridized carbons (Fsp3) is 0.182. The van der Waals surface area contributed by atoms with Crippen molar-refractivity contribution in [2.45, 2.75) is 0 Å². The van der Waals surface area contributed by atoms with Gasteiger partial charge in [0, 0.05) is 5.41 Å². The summed E-state index contributed by atoms with van der Waals surface area (Å²) in [5.74, 6) is 0.214. The van der Waals surface area contributed by atoms with Gasteiger partial charge in [0.05, 0.1) is 5.41 Å². The second-order valence-electron chi connectivity index (χ2n) is 3.55. The fourth-order valence-corrected chi connectivity index (χ4v) is 2.25. The molecule has 12 heavy (non-hydrogen) atoms. The molecule has 3 aliphatic carbocycles. The molecule has 2 atom stereocenters. The molecule has 0 bridgehead atoms. The molecule has 1 heteroatoms. The largest absolute Gasteiger partial charge is 0.293 e. The Labute approximate surface area is 70.8 Å². The van der Waals surface area contributed by atoms with Gasteiger partial charge < -0.3 is 0 Å². The van der Waals surface area contributed by atoms with E-state index in [1.807, 2.05) is 30.4 Å². The molecule has 0 aromatic carbocycles. The Morgan fingerprint density at radius 2 is 1.75 bits per heavy atom. The van der Waals surface area contributed by atoms with Crippen LogP contribution in [0.5, 0.6) is 0 Å². The van der Waals surface area contributed by atoms with E-state index in [0.29, 0.717) is 0 Å². The second kappa shape index (κ2) is 1.53. The first-order chi connectivity index (χ1) is 5.79. The second-order valence-corrected chi connectivity index (χ2v) is 3.55. The minimum absolute atomic E-state index is 0.0984. The van der Waals surface area contributed by atoms with Crippen LogP contribution in [0.25, 0.3) is 0 Å². The van der Waals surface area contributed by atoms with Gasteiger partial charge >= 0.3 is 0 Å². The highest BCUT2D eigenvalue weighted by Crippen LogP contribution is 2.58. The van der Waals surface area contributed by atoms with Crippen LogP contribution in [0.4, 0.5) is 0 Å². The molecular formula is C11H8O. The van der Waals surface area contributed by atoms with Crippen LogP contribution in [0.2, 0.25) is 0 Å². The number of carbonyl (C=O) groups is 1. The van der Waals surface area contributed by atoms with E-state index in [4.69, 9.17) is 0 Å². The highest BCUT2D eigenvalue weighted by molar-refractivity contribution is 6.04. The summed E-state index contributed by atoms with van der Waals surface area (Å²) in [6, 6.07) is 0. The lowest BCUT2D eigenvalue weighted by Crippen LogP contribution is -2.44. The maximum absolute atomic E-state index is 11.6. The summed E-state index contributed by atoms with van der Waals surface area (Å²) >= 11 is 0. The average Bonchev–Trinajstić information content (AvgIpc) is 2.27. The Morgan fingerprint density at radius 3 is 2.42 bits per heavy atom. The van der Waals surface area contributed by atoms with Gasteiger partial charge in [-0.15, -0.1) is 0 Å². The van der Waals surface area contributed by atoms with Crippen molar-refractivity contribution in [2.24, 2.45) is 10.8 Å². The number of carbonyl (C=O) groups excluding carboxylic acids is 1. The Hall–Kier alpha value is -1.37. The standard InChI is InChI=1S/C11H8O/c12-9-3-6-10-4-1-2-5-11(9,10)8-7-10/h1-8H. The summed E-state index contributed by atoms with van der Waals surface area (Å²) in [6.07, 6.45) is 15.8. The zero-order valence-corrected chi connectivity index (χ0v) is 6.53. The summed E-state index contributed by atoms with van der Waals surface area (Å²) in [5, 5.41) is 0. The molecule has 0 aliphatic heterocycles. The minimum Gasteiger partial charge on any atom is -0.293 e. The summed E-state index contributed by atoms with van der Waals surface area (Å²) < 4.78 is 0. The van der Waals surface area contributed by atoms with Gasteiger partial charge in [0.15, 0.2) is 5.78 Å². The molecule has 58 valence electrons. The first-order valence-corrected chi connectivity index (χ1v) is 4.10. The number of hydrogen-bond donors (Lipinski definition) is 0. The number of ketones is 1. The van der Waals surface area contributed by atoms with Crippen molar-refractivity contribution < 1.29 is 4.79 Å². The normalized spacial score (nSPS) is 45.8. The molecule has 0 saturated carbocycles. The lowest BCUT2D eigenvalue weighted by Gasteiger charge is -2.45. The topological polar surface area (TPSA) is 17.1 Å². The smallest absolute Gasteiger partial charge is 0.170 e. The van der Waals surface area contributed by atoms with E-state index in [-0.39, 0.29) is 16.6 Å². The lowest BCUT2D eigenvalue weighted by molar-refractivity contribution is -0.121. The van der Waals surface area contributed by atoms with Crippen molar-refractivity contribution in [1.29, 1.82) is 0 Å². The van der Waals surface area contributed by atoms with Crippen molar-refractivity contribution in [3.63, 3.8) is 0 Å². The van der Waals surface area contributed by atoms with Gasteiger partial charge in [-0.05, 0) is 6.08 Å². The van der Waals surface area contributed by atoms with Gasteiger partial charge in [0.1, 0.15) is 0 Å². The van der Waals surface area contributed by atoms with Crippen LogP contribution in [-0.2, 0) is 4.79 Å². The highest BCUT2D eigenvalue weighted by Gasteiger charge is 2.57. The monoisotopic (exact) mass is 156 g/mol. The SMILES string of the molecule is O=C1C=CC23C=CC=CC12C=C3. The molecule has 0 amide bonds. The highest BCUT2D eigenvalue weighted by atomic mass is 16.1.